The van der Waals surface area contributed by atoms with E-state index in [9.17, 15) is 4.79 Å². The Morgan fingerprint density at radius 3 is 2.40 bits per heavy atom. The lowest BCUT2D eigenvalue weighted by Gasteiger charge is -2.34. The molecule has 11 heteroatoms. The highest BCUT2D eigenvalue weighted by molar-refractivity contribution is 14.1. The zero-order valence-electron chi connectivity index (χ0n) is 19.3. The minimum atomic E-state index is -0.377. The van der Waals surface area contributed by atoms with Gasteiger partial charge in [0.25, 0.3) is 5.91 Å². The fraction of sp³-hybridized carbons (Fsp3) is 0.333. The van der Waals surface area contributed by atoms with Crippen molar-refractivity contribution < 1.29 is 4.79 Å². The van der Waals surface area contributed by atoms with Gasteiger partial charge in [-0.3, -0.25) is 19.6 Å². The quantitative estimate of drug-likeness (QED) is 0.319. The Hall–Kier alpha value is -2.54. The number of anilines is 2. The van der Waals surface area contributed by atoms with Crippen molar-refractivity contribution in [2.75, 3.05) is 50.3 Å². The van der Waals surface area contributed by atoms with Crippen LogP contribution in [0.25, 0.3) is 0 Å². The van der Waals surface area contributed by atoms with Crippen LogP contribution in [-0.2, 0) is 13.1 Å². The zero-order valence-corrected chi connectivity index (χ0v) is 22.2. The van der Waals surface area contributed by atoms with E-state index in [0.29, 0.717) is 18.9 Å². The molecule has 2 aromatic heterocycles. The van der Waals surface area contributed by atoms with E-state index in [4.69, 9.17) is 17.3 Å². The summed E-state index contributed by atoms with van der Waals surface area (Å²) >= 11 is 8.53. The highest BCUT2D eigenvalue weighted by Gasteiger charge is 2.19. The second kappa shape index (κ2) is 12.4. The van der Waals surface area contributed by atoms with Crippen LogP contribution in [0.1, 0.15) is 21.6 Å². The van der Waals surface area contributed by atoms with Crippen molar-refractivity contribution >= 4 is 51.7 Å². The van der Waals surface area contributed by atoms with E-state index in [2.05, 4.69) is 70.1 Å². The normalized spacial score (nSPS) is 14.6. The van der Waals surface area contributed by atoms with E-state index in [-0.39, 0.29) is 22.6 Å². The van der Waals surface area contributed by atoms with Gasteiger partial charge in [-0.1, -0.05) is 23.7 Å². The van der Waals surface area contributed by atoms with Gasteiger partial charge in [0, 0.05) is 68.3 Å². The maximum atomic E-state index is 12.6. The van der Waals surface area contributed by atoms with Crippen LogP contribution in [0.3, 0.4) is 0 Å². The van der Waals surface area contributed by atoms with Crippen LogP contribution in [0.15, 0.2) is 48.8 Å². The van der Waals surface area contributed by atoms with Gasteiger partial charge in [0.2, 0.25) is 0 Å². The number of carbonyl (C=O) groups excluding carboxylic acids is 1. The molecule has 0 bridgehead atoms. The summed E-state index contributed by atoms with van der Waals surface area (Å²) in [7, 11) is 0. The van der Waals surface area contributed by atoms with Crippen molar-refractivity contribution in [3.63, 3.8) is 0 Å². The predicted octanol–water partition coefficient (Wildman–Crippen LogP) is 2.87. The molecule has 0 radical (unpaired) electrons. The lowest BCUT2D eigenvalue weighted by molar-refractivity contribution is 0.0930. The maximum absolute atomic E-state index is 12.6. The molecule has 1 fully saturated rings. The van der Waals surface area contributed by atoms with E-state index in [0.717, 1.165) is 48.4 Å². The second-order valence-corrected chi connectivity index (χ2v) is 9.91. The smallest absolute Gasteiger partial charge is 0.273 e. The van der Waals surface area contributed by atoms with Crippen molar-refractivity contribution in [3.8, 4) is 0 Å². The van der Waals surface area contributed by atoms with Crippen LogP contribution in [0.4, 0.5) is 11.6 Å². The molecule has 1 aliphatic rings. The zero-order chi connectivity index (χ0) is 24.6. The third-order valence-electron chi connectivity index (χ3n) is 5.80. The number of halogens is 2. The molecule has 3 aromatic rings. The van der Waals surface area contributed by atoms with Crippen molar-refractivity contribution in [1.29, 1.82) is 0 Å². The third kappa shape index (κ3) is 7.47. The molecular weight excluding hydrogens is 579 g/mol. The number of nitrogens with two attached hydrogens (primary N) is 1. The van der Waals surface area contributed by atoms with Crippen LogP contribution in [0.5, 0.6) is 0 Å². The van der Waals surface area contributed by atoms with Crippen LogP contribution in [-0.4, -0.2) is 69.9 Å². The Morgan fingerprint density at radius 2 is 1.69 bits per heavy atom. The van der Waals surface area contributed by atoms with Gasteiger partial charge in [-0.2, -0.15) is 0 Å². The molecule has 3 heterocycles. The predicted molar refractivity (Wildman–Crippen MR) is 146 cm³/mol. The first-order valence-electron chi connectivity index (χ1n) is 11.4. The Balaban J connectivity index is 1.21. The minimum absolute atomic E-state index is 0.0389. The molecule has 4 N–H and O–H groups in total. The van der Waals surface area contributed by atoms with Gasteiger partial charge in [-0.05, 0) is 58.0 Å². The number of nitrogens with zero attached hydrogens (tertiary/aromatic N) is 5. The molecule has 9 nitrogen and oxygen atoms in total. The van der Waals surface area contributed by atoms with Gasteiger partial charge in [0.1, 0.15) is 0 Å². The minimum Gasteiger partial charge on any atom is -0.382 e. The molecule has 4 rings (SSSR count). The lowest BCUT2D eigenvalue weighted by Crippen LogP contribution is -2.48. The van der Waals surface area contributed by atoms with Crippen molar-refractivity contribution in [1.82, 2.24) is 30.1 Å². The van der Waals surface area contributed by atoms with E-state index in [1.54, 1.807) is 0 Å². The summed E-state index contributed by atoms with van der Waals surface area (Å²) in [4.78, 5) is 29.9. The Bertz CT molecular complexity index is 1120. The monoisotopic (exact) mass is 606 g/mol. The van der Waals surface area contributed by atoms with Gasteiger partial charge < -0.3 is 16.4 Å². The number of carbonyl (C=O) groups is 1. The summed E-state index contributed by atoms with van der Waals surface area (Å²) in [5.74, 6) is 0.0167. The number of benzene rings is 1. The molecule has 1 amide bonds. The Labute approximate surface area is 223 Å². The van der Waals surface area contributed by atoms with Crippen molar-refractivity contribution in [2.45, 2.75) is 13.1 Å². The topological polar surface area (TPSA) is 112 Å². The fourth-order valence-electron chi connectivity index (χ4n) is 3.82. The molecule has 0 aliphatic carbocycles. The number of hydrogen-bond donors (Lipinski definition) is 3. The molecule has 1 aromatic carbocycles. The number of piperazine rings is 1. The summed E-state index contributed by atoms with van der Waals surface area (Å²) in [6.07, 6.45) is 3.65. The second-order valence-electron chi connectivity index (χ2n) is 8.31. The molecule has 1 saturated heterocycles. The van der Waals surface area contributed by atoms with Gasteiger partial charge in [-0.15, -0.1) is 0 Å². The molecule has 184 valence electrons. The summed E-state index contributed by atoms with van der Waals surface area (Å²) in [5.41, 5.74) is 8.40. The SMILES string of the molecule is Nc1nc(NCc2ccc(I)cc2)c(Cl)nc1C(=O)NCCN1CCN(Cc2ccncc2)CC1. The largest absolute Gasteiger partial charge is 0.382 e. The number of nitrogen functional groups attached to an aromatic ring is 1. The third-order valence-corrected chi connectivity index (χ3v) is 6.79. The van der Waals surface area contributed by atoms with Crippen molar-refractivity contribution in [2.24, 2.45) is 0 Å². The molecule has 0 saturated carbocycles. The summed E-state index contributed by atoms with van der Waals surface area (Å²) in [6.45, 7) is 6.58. The first kappa shape index (κ1) is 25.5. The number of nitrogens with one attached hydrogen (secondary N) is 2. The molecule has 0 spiro atoms. The molecule has 1 aliphatic heterocycles. The number of aromatic nitrogens is 3. The van der Waals surface area contributed by atoms with E-state index >= 15 is 0 Å². The van der Waals surface area contributed by atoms with Crippen LogP contribution < -0.4 is 16.4 Å². The number of amides is 1. The van der Waals surface area contributed by atoms with Crippen LogP contribution >= 0.6 is 34.2 Å². The van der Waals surface area contributed by atoms with Gasteiger partial charge in [0.15, 0.2) is 22.5 Å². The Kier molecular flexibility index (Phi) is 9.07. The van der Waals surface area contributed by atoms with Gasteiger partial charge >= 0.3 is 0 Å². The average molecular weight is 607 g/mol. The average Bonchev–Trinajstić information content (AvgIpc) is 2.87. The first-order valence-corrected chi connectivity index (χ1v) is 12.9. The number of rotatable bonds is 9. The highest BCUT2D eigenvalue weighted by atomic mass is 127. The summed E-state index contributed by atoms with van der Waals surface area (Å²) < 4.78 is 1.16. The summed E-state index contributed by atoms with van der Waals surface area (Å²) in [6, 6.07) is 12.2. The summed E-state index contributed by atoms with van der Waals surface area (Å²) in [5, 5.41) is 6.12. The molecule has 35 heavy (non-hydrogen) atoms. The van der Waals surface area contributed by atoms with E-state index < -0.39 is 0 Å². The van der Waals surface area contributed by atoms with Crippen molar-refractivity contribution in [3.05, 3.63) is 74.3 Å². The van der Waals surface area contributed by atoms with Gasteiger partial charge in [0.05, 0.1) is 0 Å². The van der Waals surface area contributed by atoms with E-state index in [1.807, 2.05) is 36.7 Å². The van der Waals surface area contributed by atoms with E-state index in [1.165, 1.54) is 5.56 Å². The van der Waals surface area contributed by atoms with Gasteiger partial charge in [-0.25, -0.2) is 9.97 Å². The maximum Gasteiger partial charge on any atom is 0.273 e. The number of pyridine rings is 1. The van der Waals surface area contributed by atoms with Crippen LogP contribution in [0.2, 0.25) is 5.15 Å². The molecular formula is C24H28ClIN8O. The lowest BCUT2D eigenvalue weighted by atomic mass is 10.2. The highest BCUT2D eigenvalue weighted by Crippen LogP contribution is 2.21. The Morgan fingerprint density at radius 1 is 1.00 bits per heavy atom. The standard InChI is InChI=1S/C24H28ClIN8O/c25-21-23(30-15-17-1-3-19(26)4-2-17)32-22(27)20(31-21)24(35)29-9-10-33-11-13-34(14-12-33)16-18-5-7-28-8-6-18/h1-8H,9-16H2,(H,29,35)(H3,27,30,32). The number of hydrogen-bond acceptors (Lipinski definition) is 8. The molecule has 0 unspecified atom stereocenters. The molecule has 0 atom stereocenters. The first-order chi connectivity index (χ1) is 17.0. The fourth-order valence-corrected chi connectivity index (χ4v) is 4.38. The van der Waals surface area contributed by atoms with Crippen LogP contribution in [0, 0.1) is 3.57 Å².